The maximum Gasteiger partial charge on any atom is 0.146 e. The number of hydrogen-bond donors (Lipinski definition) is 1. The highest BCUT2D eigenvalue weighted by molar-refractivity contribution is 5.55. The van der Waals surface area contributed by atoms with Crippen molar-refractivity contribution in [2.75, 3.05) is 12.3 Å². The Bertz CT molecular complexity index is 350. The van der Waals surface area contributed by atoms with Gasteiger partial charge in [-0.3, -0.25) is 0 Å². The molecular weight excluding hydrogens is 226 g/mol. The minimum atomic E-state index is 0.118. The van der Waals surface area contributed by atoms with E-state index < -0.39 is 0 Å². The SMILES string of the molecule is CCCCCCOc1ccc(N)c(OC(C)C)c1. The lowest BCUT2D eigenvalue weighted by molar-refractivity contribution is 0.241. The number of ether oxygens (including phenoxy) is 2. The summed E-state index contributed by atoms with van der Waals surface area (Å²) in [6, 6.07) is 5.59. The minimum absolute atomic E-state index is 0.118. The number of nitrogens with two attached hydrogens (primary N) is 1. The van der Waals surface area contributed by atoms with E-state index in [-0.39, 0.29) is 6.10 Å². The van der Waals surface area contributed by atoms with Gasteiger partial charge in [-0.2, -0.15) is 0 Å². The molecule has 0 spiro atoms. The molecule has 18 heavy (non-hydrogen) atoms. The Hall–Kier alpha value is -1.38. The highest BCUT2D eigenvalue weighted by atomic mass is 16.5. The molecule has 0 saturated heterocycles. The average molecular weight is 251 g/mol. The van der Waals surface area contributed by atoms with E-state index >= 15 is 0 Å². The molecule has 0 unspecified atom stereocenters. The fraction of sp³-hybridized carbons (Fsp3) is 0.600. The third kappa shape index (κ3) is 5.30. The van der Waals surface area contributed by atoms with Crippen molar-refractivity contribution in [3.63, 3.8) is 0 Å². The molecule has 1 aromatic carbocycles. The lowest BCUT2D eigenvalue weighted by atomic mass is 10.2. The molecule has 0 aliphatic carbocycles. The molecule has 102 valence electrons. The standard InChI is InChI=1S/C15H25NO2/c1-4-5-6-7-10-17-13-8-9-14(16)15(11-13)18-12(2)3/h8-9,11-12H,4-7,10,16H2,1-3H3. The van der Waals surface area contributed by atoms with Crippen LogP contribution in [0, 0.1) is 0 Å². The van der Waals surface area contributed by atoms with Gasteiger partial charge in [0.05, 0.1) is 18.4 Å². The monoisotopic (exact) mass is 251 g/mol. The summed E-state index contributed by atoms with van der Waals surface area (Å²) >= 11 is 0. The molecule has 0 atom stereocenters. The number of anilines is 1. The molecule has 1 rings (SSSR count). The van der Waals surface area contributed by atoms with Crippen LogP contribution in [0.5, 0.6) is 11.5 Å². The Morgan fingerprint density at radius 3 is 2.61 bits per heavy atom. The predicted molar refractivity (Wildman–Crippen MR) is 76.3 cm³/mol. The van der Waals surface area contributed by atoms with Gasteiger partial charge in [0.25, 0.3) is 0 Å². The molecule has 0 aliphatic heterocycles. The zero-order valence-electron chi connectivity index (χ0n) is 11.7. The molecule has 1 aromatic rings. The highest BCUT2D eigenvalue weighted by Crippen LogP contribution is 2.27. The summed E-state index contributed by atoms with van der Waals surface area (Å²) in [6.07, 6.45) is 4.95. The topological polar surface area (TPSA) is 44.5 Å². The van der Waals surface area contributed by atoms with Crippen LogP contribution >= 0.6 is 0 Å². The molecule has 0 radical (unpaired) electrons. The third-order valence-corrected chi connectivity index (χ3v) is 2.61. The van der Waals surface area contributed by atoms with Gasteiger partial charge in [-0.05, 0) is 32.4 Å². The second kappa shape index (κ2) is 7.85. The lowest BCUT2D eigenvalue weighted by Gasteiger charge is -2.14. The van der Waals surface area contributed by atoms with Crippen molar-refractivity contribution in [2.24, 2.45) is 0 Å². The van der Waals surface area contributed by atoms with Crippen molar-refractivity contribution in [3.8, 4) is 11.5 Å². The first-order valence-corrected chi connectivity index (χ1v) is 6.82. The number of rotatable bonds is 8. The van der Waals surface area contributed by atoms with Crippen LogP contribution in [0.3, 0.4) is 0 Å². The van der Waals surface area contributed by atoms with Crippen molar-refractivity contribution in [1.82, 2.24) is 0 Å². The number of hydrogen-bond acceptors (Lipinski definition) is 3. The Labute approximate surface area is 110 Å². The van der Waals surface area contributed by atoms with Gasteiger partial charge in [-0.1, -0.05) is 26.2 Å². The molecular formula is C15H25NO2. The van der Waals surface area contributed by atoms with Gasteiger partial charge < -0.3 is 15.2 Å². The second-order valence-electron chi connectivity index (χ2n) is 4.78. The summed E-state index contributed by atoms with van der Waals surface area (Å²) < 4.78 is 11.3. The normalized spacial score (nSPS) is 10.7. The first-order chi connectivity index (χ1) is 8.63. The first kappa shape index (κ1) is 14.7. The van der Waals surface area contributed by atoms with E-state index in [1.54, 1.807) is 0 Å². The van der Waals surface area contributed by atoms with Gasteiger partial charge in [-0.15, -0.1) is 0 Å². The molecule has 0 aromatic heterocycles. The Balaban J connectivity index is 2.46. The third-order valence-electron chi connectivity index (χ3n) is 2.61. The number of unbranched alkanes of at least 4 members (excludes halogenated alkanes) is 3. The zero-order chi connectivity index (χ0) is 13.4. The van der Waals surface area contributed by atoms with Crippen molar-refractivity contribution in [1.29, 1.82) is 0 Å². The Morgan fingerprint density at radius 1 is 1.17 bits per heavy atom. The van der Waals surface area contributed by atoms with E-state index in [1.807, 2.05) is 32.0 Å². The quantitative estimate of drug-likeness (QED) is 0.560. The van der Waals surface area contributed by atoms with Crippen molar-refractivity contribution in [3.05, 3.63) is 18.2 Å². The maximum atomic E-state index is 5.85. The average Bonchev–Trinajstić information content (AvgIpc) is 2.32. The fourth-order valence-corrected chi connectivity index (χ4v) is 1.68. The zero-order valence-corrected chi connectivity index (χ0v) is 11.7. The van der Waals surface area contributed by atoms with Crippen LogP contribution in [0.4, 0.5) is 5.69 Å². The summed E-state index contributed by atoms with van der Waals surface area (Å²) in [5, 5.41) is 0. The molecule has 0 fully saturated rings. The Kier molecular flexibility index (Phi) is 6.40. The van der Waals surface area contributed by atoms with Gasteiger partial charge in [0.2, 0.25) is 0 Å². The van der Waals surface area contributed by atoms with E-state index in [0.717, 1.165) is 18.8 Å². The molecule has 3 heteroatoms. The summed E-state index contributed by atoms with van der Waals surface area (Å²) in [5.74, 6) is 1.53. The van der Waals surface area contributed by atoms with Crippen LogP contribution in [-0.2, 0) is 0 Å². The highest BCUT2D eigenvalue weighted by Gasteiger charge is 2.05. The fourth-order valence-electron chi connectivity index (χ4n) is 1.68. The van der Waals surface area contributed by atoms with Crippen LogP contribution in [0.2, 0.25) is 0 Å². The minimum Gasteiger partial charge on any atom is -0.493 e. The van der Waals surface area contributed by atoms with Gasteiger partial charge in [-0.25, -0.2) is 0 Å². The van der Waals surface area contributed by atoms with E-state index in [9.17, 15) is 0 Å². The van der Waals surface area contributed by atoms with Crippen LogP contribution in [0.25, 0.3) is 0 Å². The molecule has 0 saturated carbocycles. The molecule has 0 aliphatic rings. The molecule has 0 heterocycles. The van der Waals surface area contributed by atoms with Crippen LogP contribution < -0.4 is 15.2 Å². The summed E-state index contributed by atoms with van der Waals surface area (Å²) in [7, 11) is 0. The largest absolute Gasteiger partial charge is 0.493 e. The van der Waals surface area contributed by atoms with Gasteiger partial charge >= 0.3 is 0 Å². The van der Waals surface area contributed by atoms with Gasteiger partial charge in [0.1, 0.15) is 11.5 Å². The van der Waals surface area contributed by atoms with Gasteiger partial charge in [0, 0.05) is 6.07 Å². The van der Waals surface area contributed by atoms with E-state index in [1.165, 1.54) is 19.3 Å². The maximum absolute atomic E-state index is 5.85. The van der Waals surface area contributed by atoms with E-state index in [0.29, 0.717) is 11.4 Å². The van der Waals surface area contributed by atoms with Gasteiger partial charge in [0.15, 0.2) is 0 Å². The molecule has 2 N–H and O–H groups in total. The number of nitrogen functional groups attached to an aromatic ring is 1. The molecule has 3 nitrogen and oxygen atoms in total. The molecule has 0 bridgehead atoms. The summed E-state index contributed by atoms with van der Waals surface area (Å²) in [5.41, 5.74) is 6.51. The summed E-state index contributed by atoms with van der Waals surface area (Å²) in [6.45, 7) is 6.93. The summed E-state index contributed by atoms with van der Waals surface area (Å²) in [4.78, 5) is 0. The smallest absolute Gasteiger partial charge is 0.146 e. The van der Waals surface area contributed by atoms with Crippen LogP contribution in [-0.4, -0.2) is 12.7 Å². The Morgan fingerprint density at radius 2 is 1.94 bits per heavy atom. The van der Waals surface area contributed by atoms with E-state index in [2.05, 4.69) is 6.92 Å². The lowest BCUT2D eigenvalue weighted by Crippen LogP contribution is -2.07. The van der Waals surface area contributed by atoms with Crippen LogP contribution in [0.15, 0.2) is 18.2 Å². The van der Waals surface area contributed by atoms with Crippen molar-refractivity contribution >= 4 is 5.69 Å². The number of benzene rings is 1. The first-order valence-electron chi connectivity index (χ1n) is 6.82. The van der Waals surface area contributed by atoms with Crippen molar-refractivity contribution < 1.29 is 9.47 Å². The second-order valence-corrected chi connectivity index (χ2v) is 4.78. The van der Waals surface area contributed by atoms with Crippen LogP contribution in [0.1, 0.15) is 46.5 Å². The van der Waals surface area contributed by atoms with E-state index in [4.69, 9.17) is 15.2 Å². The predicted octanol–water partition coefficient (Wildman–Crippen LogP) is 4.02. The molecule has 0 amide bonds. The van der Waals surface area contributed by atoms with Crippen molar-refractivity contribution in [2.45, 2.75) is 52.6 Å².